The molecule has 2 atom stereocenters. The first kappa shape index (κ1) is 26.9. The van der Waals surface area contributed by atoms with Gasteiger partial charge in [-0.2, -0.15) is 0 Å². The van der Waals surface area contributed by atoms with E-state index in [2.05, 4.69) is 11.9 Å². The summed E-state index contributed by atoms with van der Waals surface area (Å²) in [5, 5.41) is 19.3. The van der Waals surface area contributed by atoms with Crippen molar-refractivity contribution in [1.82, 2.24) is 0 Å². The summed E-state index contributed by atoms with van der Waals surface area (Å²) in [6.45, 7) is 2.60. The maximum atomic E-state index is 12.5. The largest absolute Gasteiger partial charge is 1.00 e. The second kappa shape index (κ2) is 13.2. The number of carbonyl (C=O) groups excluding carboxylic acids is 1. The Kier molecular flexibility index (Phi) is 13.1. The van der Waals surface area contributed by atoms with E-state index in [0.29, 0.717) is 13.1 Å². The second-order valence-electron chi connectivity index (χ2n) is 6.70. The van der Waals surface area contributed by atoms with Crippen LogP contribution >= 0.6 is 0 Å². The van der Waals surface area contributed by atoms with Crippen molar-refractivity contribution < 1.29 is 62.0 Å². The number of amidine groups is 1. The van der Waals surface area contributed by atoms with Crippen LogP contribution in [0.1, 0.15) is 39.0 Å². The number of hydrogen-bond donors (Lipinski definition) is 2. The Morgan fingerprint density at radius 3 is 2.67 bits per heavy atom. The zero-order valence-corrected chi connectivity index (χ0v) is 19.2. The van der Waals surface area contributed by atoms with Crippen LogP contribution in [0.25, 0.3) is 0 Å². The molecule has 1 aliphatic heterocycles. The van der Waals surface area contributed by atoms with Gasteiger partial charge in [-0.15, -0.1) is 0 Å². The van der Waals surface area contributed by atoms with Crippen LogP contribution in [0.3, 0.4) is 0 Å². The van der Waals surface area contributed by atoms with Crippen molar-refractivity contribution in [1.29, 1.82) is 0 Å². The number of carbonyl (C=O) groups is 1. The molecule has 0 radical (unpaired) electrons. The van der Waals surface area contributed by atoms with Crippen LogP contribution in [0, 0.1) is 0 Å². The first-order valence-electron chi connectivity index (χ1n) is 9.08. The zero-order valence-electron chi connectivity index (χ0n) is 16.3. The van der Waals surface area contributed by atoms with Gasteiger partial charge >= 0.3 is 29.6 Å². The number of ketones is 1. The molecule has 8 nitrogen and oxygen atoms in total. The van der Waals surface area contributed by atoms with Crippen LogP contribution in [0.4, 0.5) is 0 Å². The van der Waals surface area contributed by atoms with Gasteiger partial charge in [-0.3, -0.25) is 9.28 Å². The Hall–Kier alpha value is -0.130. The molecule has 0 saturated heterocycles. The number of allylic oxidation sites excluding steroid dienone is 1. The van der Waals surface area contributed by atoms with Gasteiger partial charge in [0.15, 0.2) is 0 Å². The molecule has 0 aromatic rings. The Morgan fingerprint density at radius 2 is 2.07 bits per heavy atom. The van der Waals surface area contributed by atoms with Crippen molar-refractivity contribution in [3.8, 4) is 0 Å². The fourth-order valence-electron chi connectivity index (χ4n) is 3.24. The summed E-state index contributed by atoms with van der Waals surface area (Å²) in [6, 6.07) is 0. The van der Waals surface area contributed by atoms with Crippen LogP contribution in [-0.4, -0.2) is 83.9 Å². The van der Waals surface area contributed by atoms with Gasteiger partial charge in [0.25, 0.3) is 11.6 Å². The van der Waals surface area contributed by atoms with Gasteiger partial charge in [-0.05, 0) is 18.9 Å². The molecule has 27 heavy (non-hydrogen) atoms. The molecule has 10 heteroatoms. The number of rotatable bonds is 13. The summed E-state index contributed by atoms with van der Waals surface area (Å²) in [6.07, 6.45) is 7.03. The van der Waals surface area contributed by atoms with E-state index in [1.54, 1.807) is 6.08 Å². The number of hydrogen-bond acceptors (Lipinski definition) is 7. The zero-order chi connectivity index (χ0) is 19.6. The standard InChI is InChI=1S/C17H30N2O6S.Na/c1-2-3-4-5-6-7-8-16(22)17-18-9-10-19(17,11-12-20)13-15(21)14-26(23,24)25;/h7-8,15,20-21H,2-6,9-14H2,1H3;/q;+1/b8-7+;. The minimum Gasteiger partial charge on any atom is -0.748 e. The first-order chi connectivity index (χ1) is 12.2. The summed E-state index contributed by atoms with van der Waals surface area (Å²) in [5.41, 5.74) is 0. The molecule has 0 spiro atoms. The number of aliphatic hydroxyl groups is 2. The average Bonchev–Trinajstić information content (AvgIpc) is 2.92. The number of aliphatic imine (C=N–C) groups is 1. The summed E-state index contributed by atoms with van der Waals surface area (Å²) < 4.78 is 32.5. The molecule has 1 heterocycles. The van der Waals surface area contributed by atoms with E-state index in [1.807, 2.05) is 0 Å². The molecule has 2 unspecified atom stereocenters. The third kappa shape index (κ3) is 9.76. The first-order valence-corrected chi connectivity index (χ1v) is 10.7. The predicted molar refractivity (Wildman–Crippen MR) is 97.7 cm³/mol. The molecule has 0 aromatic carbocycles. The van der Waals surface area contributed by atoms with Crippen LogP contribution in [-0.2, 0) is 14.9 Å². The number of aliphatic hydroxyl groups excluding tert-OH is 2. The summed E-state index contributed by atoms with van der Waals surface area (Å²) in [7, 11) is -4.58. The maximum absolute atomic E-state index is 12.5. The average molecular weight is 413 g/mol. The van der Waals surface area contributed by atoms with Crippen LogP contribution in [0.5, 0.6) is 0 Å². The molecule has 1 aliphatic rings. The molecule has 2 N–H and O–H groups in total. The monoisotopic (exact) mass is 413 g/mol. The predicted octanol–water partition coefficient (Wildman–Crippen LogP) is -2.79. The molecule has 1 rings (SSSR count). The molecular formula is C17H30N2NaO6S+. The molecule has 0 aromatic heterocycles. The minimum atomic E-state index is -4.58. The normalized spacial score (nSPS) is 21.1. The van der Waals surface area contributed by atoms with Gasteiger partial charge in [0, 0.05) is 0 Å². The smallest absolute Gasteiger partial charge is 0.748 e. The van der Waals surface area contributed by atoms with E-state index >= 15 is 0 Å². The third-order valence-electron chi connectivity index (χ3n) is 4.44. The molecule has 0 amide bonds. The molecular weight excluding hydrogens is 383 g/mol. The van der Waals surface area contributed by atoms with E-state index in [0.717, 1.165) is 32.1 Å². The van der Waals surface area contributed by atoms with Crippen LogP contribution < -0.4 is 29.6 Å². The summed E-state index contributed by atoms with van der Waals surface area (Å²) in [4.78, 5) is 16.7. The van der Waals surface area contributed by atoms with Crippen molar-refractivity contribution in [2.24, 2.45) is 4.99 Å². The molecule has 0 bridgehead atoms. The molecule has 0 fully saturated rings. The quantitative estimate of drug-likeness (QED) is 0.111. The van der Waals surface area contributed by atoms with Gasteiger partial charge in [-0.25, -0.2) is 13.4 Å². The van der Waals surface area contributed by atoms with E-state index in [4.69, 9.17) is 0 Å². The fraction of sp³-hybridized carbons (Fsp3) is 0.765. The summed E-state index contributed by atoms with van der Waals surface area (Å²) >= 11 is 0. The fourth-order valence-corrected chi connectivity index (χ4v) is 3.82. The van der Waals surface area contributed by atoms with E-state index < -0.39 is 22.0 Å². The SMILES string of the molecule is CCCCCC/C=C/C(=O)C1=NCC[N+]1(CCO)CC(O)CS(=O)(=O)[O-].[Na+]. The van der Waals surface area contributed by atoms with Crippen molar-refractivity contribution in [3.05, 3.63) is 12.2 Å². The Bertz CT molecular complexity index is 623. The third-order valence-corrected chi connectivity index (χ3v) is 5.23. The number of unbranched alkanes of at least 4 members (excludes halogenated alkanes) is 4. The van der Waals surface area contributed by atoms with Gasteiger partial charge in [0.05, 0.1) is 29.0 Å². The molecule has 0 aliphatic carbocycles. The summed E-state index contributed by atoms with van der Waals surface area (Å²) in [5.74, 6) is -1.03. The Balaban J connectivity index is 0.00000676. The van der Waals surface area contributed by atoms with Crippen molar-refractivity contribution in [3.63, 3.8) is 0 Å². The van der Waals surface area contributed by atoms with Gasteiger partial charge in [0.1, 0.15) is 25.7 Å². The van der Waals surface area contributed by atoms with E-state index in [-0.39, 0.29) is 65.4 Å². The van der Waals surface area contributed by atoms with Crippen molar-refractivity contribution >= 4 is 21.7 Å². The number of quaternary nitrogens is 1. The van der Waals surface area contributed by atoms with Gasteiger partial charge in [-0.1, -0.05) is 32.3 Å². The Labute approximate surface area is 184 Å². The maximum Gasteiger partial charge on any atom is 1.00 e. The van der Waals surface area contributed by atoms with Gasteiger partial charge in [0.2, 0.25) is 0 Å². The number of nitrogens with zero attached hydrogens (tertiary/aromatic N) is 2. The van der Waals surface area contributed by atoms with Crippen LogP contribution in [0.2, 0.25) is 0 Å². The minimum absolute atomic E-state index is 0. The van der Waals surface area contributed by atoms with E-state index in [9.17, 15) is 28.0 Å². The topological polar surface area (TPSA) is 127 Å². The molecule has 0 saturated carbocycles. The van der Waals surface area contributed by atoms with E-state index in [1.165, 1.54) is 6.08 Å². The second-order valence-corrected chi connectivity index (χ2v) is 8.15. The molecule has 150 valence electrons. The van der Waals surface area contributed by atoms with Crippen molar-refractivity contribution in [2.75, 3.05) is 38.5 Å². The van der Waals surface area contributed by atoms with Gasteiger partial charge < -0.3 is 14.8 Å². The van der Waals surface area contributed by atoms with Crippen molar-refractivity contribution in [2.45, 2.75) is 45.1 Å². The Morgan fingerprint density at radius 1 is 1.37 bits per heavy atom. The van der Waals surface area contributed by atoms with Crippen LogP contribution in [0.15, 0.2) is 17.1 Å².